The normalized spacial score (nSPS) is 10.3. The van der Waals surface area contributed by atoms with Gasteiger partial charge in [0.25, 0.3) is 0 Å². The van der Waals surface area contributed by atoms with Gasteiger partial charge in [0.15, 0.2) is 0 Å². The molecule has 2 aromatic rings. The van der Waals surface area contributed by atoms with Crippen molar-refractivity contribution < 1.29 is 4.74 Å². The van der Waals surface area contributed by atoms with E-state index >= 15 is 0 Å². The fourth-order valence-electron chi connectivity index (χ4n) is 2.19. The molecule has 100 valence electrons. The van der Waals surface area contributed by atoms with Gasteiger partial charge in [-0.1, -0.05) is 18.2 Å². The van der Waals surface area contributed by atoms with Gasteiger partial charge >= 0.3 is 0 Å². The van der Waals surface area contributed by atoms with E-state index < -0.39 is 0 Å². The summed E-state index contributed by atoms with van der Waals surface area (Å²) in [4.78, 5) is 0. The number of aryl methyl sites for hydroxylation is 2. The topological polar surface area (TPSA) is 47.3 Å². The lowest BCUT2D eigenvalue weighted by Gasteiger charge is -2.14. The Morgan fingerprint density at radius 2 is 1.79 bits per heavy atom. The van der Waals surface area contributed by atoms with Crippen LogP contribution in [0.4, 0.5) is 11.4 Å². The zero-order valence-corrected chi connectivity index (χ0v) is 11.7. The van der Waals surface area contributed by atoms with Crippen LogP contribution in [0.1, 0.15) is 16.7 Å². The molecule has 0 spiro atoms. The van der Waals surface area contributed by atoms with Crippen LogP contribution in [0.15, 0.2) is 36.4 Å². The Labute approximate surface area is 114 Å². The second-order valence-electron chi connectivity index (χ2n) is 4.76. The molecule has 0 aliphatic rings. The number of hydrogen-bond acceptors (Lipinski definition) is 3. The summed E-state index contributed by atoms with van der Waals surface area (Å²) < 4.78 is 5.46. The fourth-order valence-corrected chi connectivity index (χ4v) is 2.19. The van der Waals surface area contributed by atoms with Gasteiger partial charge in [0, 0.05) is 12.2 Å². The van der Waals surface area contributed by atoms with Gasteiger partial charge in [-0.25, -0.2) is 0 Å². The number of hydrogen-bond donors (Lipinski definition) is 2. The van der Waals surface area contributed by atoms with E-state index in [9.17, 15) is 0 Å². The largest absolute Gasteiger partial charge is 0.494 e. The van der Waals surface area contributed by atoms with Gasteiger partial charge in [-0.3, -0.25) is 0 Å². The maximum Gasteiger partial charge on any atom is 0.144 e. The van der Waals surface area contributed by atoms with E-state index in [0.29, 0.717) is 0 Å². The summed E-state index contributed by atoms with van der Waals surface area (Å²) in [5.74, 6) is 0.904. The standard InChI is InChI=1S/C16H20N2O/c1-11-8-12(2)16(19-3)15(9-11)18-10-13-4-6-14(17)7-5-13/h4-9,18H,10,17H2,1-3H3. The molecule has 0 atom stereocenters. The summed E-state index contributed by atoms with van der Waals surface area (Å²) >= 11 is 0. The molecule has 0 aliphatic carbocycles. The average molecular weight is 256 g/mol. The van der Waals surface area contributed by atoms with E-state index in [1.54, 1.807) is 7.11 Å². The lowest BCUT2D eigenvalue weighted by Crippen LogP contribution is -2.03. The minimum Gasteiger partial charge on any atom is -0.494 e. The van der Waals surface area contributed by atoms with Crippen LogP contribution >= 0.6 is 0 Å². The van der Waals surface area contributed by atoms with E-state index in [1.807, 2.05) is 24.3 Å². The molecule has 0 bridgehead atoms. The number of methoxy groups -OCH3 is 1. The first kappa shape index (κ1) is 13.3. The molecule has 0 unspecified atom stereocenters. The van der Waals surface area contributed by atoms with Crippen molar-refractivity contribution in [2.75, 3.05) is 18.2 Å². The van der Waals surface area contributed by atoms with Crippen LogP contribution in [-0.2, 0) is 6.54 Å². The van der Waals surface area contributed by atoms with Crippen LogP contribution < -0.4 is 15.8 Å². The minimum absolute atomic E-state index is 0.750. The van der Waals surface area contributed by atoms with Crippen molar-refractivity contribution in [1.29, 1.82) is 0 Å². The maximum atomic E-state index is 5.68. The summed E-state index contributed by atoms with van der Waals surface area (Å²) in [6.07, 6.45) is 0. The lowest BCUT2D eigenvalue weighted by atomic mass is 10.1. The molecule has 19 heavy (non-hydrogen) atoms. The molecule has 0 saturated heterocycles. The van der Waals surface area contributed by atoms with Gasteiger partial charge in [0.05, 0.1) is 12.8 Å². The quantitative estimate of drug-likeness (QED) is 0.823. The van der Waals surface area contributed by atoms with E-state index in [-0.39, 0.29) is 0 Å². The molecule has 0 saturated carbocycles. The highest BCUT2D eigenvalue weighted by molar-refractivity contribution is 5.61. The van der Waals surface area contributed by atoms with Crippen molar-refractivity contribution in [2.24, 2.45) is 0 Å². The van der Waals surface area contributed by atoms with Gasteiger partial charge in [0.1, 0.15) is 5.75 Å². The summed E-state index contributed by atoms with van der Waals surface area (Å²) in [5, 5.41) is 3.42. The highest BCUT2D eigenvalue weighted by Crippen LogP contribution is 2.30. The first-order valence-corrected chi connectivity index (χ1v) is 6.33. The molecule has 2 rings (SSSR count). The Hall–Kier alpha value is -2.16. The van der Waals surface area contributed by atoms with Crippen LogP contribution in [0.25, 0.3) is 0 Å². The zero-order chi connectivity index (χ0) is 13.8. The van der Waals surface area contributed by atoms with Gasteiger partial charge in [-0.15, -0.1) is 0 Å². The average Bonchev–Trinajstić information content (AvgIpc) is 2.37. The van der Waals surface area contributed by atoms with E-state index in [4.69, 9.17) is 10.5 Å². The van der Waals surface area contributed by atoms with Gasteiger partial charge in [0.2, 0.25) is 0 Å². The molecule has 3 N–H and O–H groups in total. The van der Waals surface area contributed by atoms with Gasteiger partial charge in [-0.05, 0) is 48.7 Å². The molecule has 0 aromatic heterocycles. The predicted octanol–water partition coefficient (Wildman–Crippen LogP) is 3.51. The molecule has 0 heterocycles. The highest BCUT2D eigenvalue weighted by atomic mass is 16.5. The third-order valence-corrected chi connectivity index (χ3v) is 3.09. The van der Waals surface area contributed by atoms with E-state index in [0.717, 1.165) is 29.2 Å². The Morgan fingerprint density at radius 1 is 1.11 bits per heavy atom. The Morgan fingerprint density at radius 3 is 2.42 bits per heavy atom. The molecule has 2 aromatic carbocycles. The monoisotopic (exact) mass is 256 g/mol. The molecule has 0 radical (unpaired) electrons. The Balaban J connectivity index is 2.17. The molecular weight excluding hydrogens is 236 g/mol. The van der Waals surface area contributed by atoms with E-state index in [1.165, 1.54) is 11.1 Å². The van der Waals surface area contributed by atoms with Crippen LogP contribution in [-0.4, -0.2) is 7.11 Å². The first-order chi connectivity index (χ1) is 9.10. The smallest absolute Gasteiger partial charge is 0.144 e. The molecule has 0 fully saturated rings. The van der Waals surface area contributed by atoms with Crippen LogP contribution in [0.2, 0.25) is 0 Å². The number of rotatable bonds is 4. The minimum atomic E-state index is 0.750. The van der Waals surface area contributed by atoms with Crippen molar-refractivity contribution in [3.63, 3.8) is 0 Å². The number of ether oxygens (including phenoxy) is 1. The van der Waals surface area contributed by atoms with Gasteiger partial charge in [-0.2, -0.15) is 0 Å². The lowest BCUT2D eigenvalue weighted by molar-refractivity contribution is 0.413. The Kier molecular flexibility index (Phi) is 3.95. The molecular formula is C16H20N2O. The highest BCUT2D eigenvalue weighted by Gasteiger charge is 2.07. The van der Waals surface area contributed by atoms with Crippen molar-refractivity contribution in [1.82, 2.24) is 0 Å². The molecule has 0 aliphatic heterocycles. The van der Waals surface area contributed by atoms with Gasteiger partial charge < -0.3 is 15.8 Å². The fraction of sp³-hybridized carbons (Fsp3) is 0.250. The van der Waals surface area contributed by atoms with Crippen molar-refractivity contribution >= 4 is 11.4 Å². The van der Waals surface area contributed by atoms with Crippen molar-refractivity contribution in [3.05, 3.63) is 53.1 Å². The van der Waals surface area contributed by atoms with Crippen molar-refractivity contribution in [3.8, 4) is 5.75 Å². The maximum absolute atomic E-state index is 5.68. The Bertz CT molecular complexity index is 562. The summed E-state index contributed by atoms with van der Waals surface area (Å²) in [7, 11) is 1.70. The molecule has 0 amide bonds. The number of benzene rings is 2. The summed E-state index contributed by atoms with van der Waals surface area (Å²) in [5.41, 5.74) is 11.0. The van der Waals surface area contributed by atoms with Crippen molar-refractivity contribution in [2.45, 2.75) is 20.4 Å². The third kappa shape index (κ3) is 3.19. The van der Waals surface area contributed by atoms with Crippen LogP contribution in [0.3, 0.4) is 0 Å². The predicted molar refractivity (Wildman–Crippen MR) is 80.6 cm³/mol. The number of nitrogen functional groups attached to an aromatic ring is 1. The van der Waals surface area contributed by atoms with Crippen LogP contribution in [0, 0.1) is 13.8 Å². The number of anilines is 2. The first-order valence-electron chi connectivity index (χ1n) is 6.33. The third-order valence-electron chi connectivity index (χ3n) is 3.09. The second kappa shape index (κ2) is 5.65. The number of nitrogens with one attached hydrogen (secondary N) is 1. The summed E-state index contributed by atoms with van der Waals surface area (Å²) in [6.45, 7) is 4.89. The second-order valence-corrected chi connectivity index (χ2v) is 4.76. The van der Waals surface area contributed by atoms with Crippen LogP contribution in [0.5, 0.6) is 5.75 Å². The molecule has 3 heteroatoms. The van der Waals surface area contributed by atoms with E-state index in [2.05, 4.69) is 31.3 Å². The summed E-state index contributed by atoms with van der Waals surface area (Å²) in [6, 6.07) is 12.1. The SMILES string of the molecule is COc1c(C)cc(C)cc1NCc1ccc(N)cc1. The zero-order valence-electron chi connectivity index (χ0n) is 11.7. The number of nitrogens with two attached hydrogens (primary N) is 1. The molecule has 3 nitrogen and oxygen atoms in total.